The number of nitrogens with zero attached hydrogens (tertiary/aromatic N) is 2. The summed E-state index contributed by atoms with van der Waals surface area (Å²) in [6.07, 6.45) is 2.66. The van der Waals surface area contributed by atoms with E-state index in [0.29, 0.717) is 29.9 Å². The van der Waals surface area contributed by atoms with E-state index in [1.165, 1.54) is 0 Å². The lowest BCUT2D eigenvalue weighted by molar-refractivity contribution is -0.141. The van der Waals surface area contributed by atoms with Crippen molar-refractivity contribution in [2.24, 2.45) is 5.92 Å². The number of carbonyl (C=O) groups is 2. The maximum atomic E-state index is 12.3. The smallest absolute Gasteiger partial charge is 0.335 e. The van der Waals surface area contributed by atoms with Crippen molar-refractivity contribution < 1.29 is 14.7 Å². The first kappa shape index (κ1) is 17.9. The number of nitrogens with one attached hydrogen (secondary N) is 1. The minimum absolute atomic E-state index is 0.300. The number of carbonyl (C=O) groups excluding carboxylic acids is 1. The molecular weight excluding hydrogens is 318 g/mol. The van der Waals surface area contributed by atoms with Gasteiger partial charge in [-0.05, 0) is 43.5 Å². The van der Waals surface area contributed by atoms with Crippen molar-refractivity contribution in [2.75, 3.05) is 33.2 Å². The summed E-state index contributed by atoms with van der Waals surface area (Å²) in [5, 5.41) is 12.1. The van der Waals surface area contributed by atoms with E-state index in [0.717, 1.165) is 51.1 Å². The number of fused-ring (bicyclic) bond motifs is 1. The molecule has 136 valence electrons. The molecule has 1 aromatic carbocycles. The van der Waals surface area contributed by atoms with Gasteiger partial charge in [0.05, 0.1) is 5.56 Å². The summed E-state index contributed by atoms with van der Waals surface area (Å²) < 4.78 is 0. The Bertz CT molecular complexity index is 617. The SMILES string of the molecule is CNCCN1C(=O)CC[C@H]2CN(Cc3ccc(C(=O)O)cc3)CC[C@H]21. The molecule has 0 bridgehead atoms. The molecule has 0 radical (unpaired) electrons. The molecule has 1 amide bonds. The molecule has 0 saturated carbocycles. The van der Waals surface area contributed by atoms with E-state index >= 15 is 0 Å². The highest BCUT2D eigenvalue weighted by atomic mass is 16.4. The van der Waals surface area contributed by atoms with Gasteiger partial charge in [0, 0.05) is 45.2 Å². The minimum atomic E-state index is -0.888. The number of benzene rings is 1. The predicted molar refractivity (Wildman–Crippen MR) is 95.4 cm³/mol. The van der Waals surface area contributed by atoms with Gasteiger partial charge in [0.25, 0.3) is 0 Å². The summed E-state index contributed by atoms with van der Waals surface area (Å²) in [5.74, 6) is -0.0447. The number of hydrogen-bond acceptors (Lipinski definition) is 4. The monoisotopic (exact) mass is 345 g/mol. The molecule has 3 rings (SSSR count). The van der Waals surface area contributed by atoms with Crippen LogP contribution < -0.4 is 5.32 Å². The quantitative estimate of drug-likeness (QED) is 0.816. The van der Waals surface area contributed by atoms with Crippen LogP contribution in [0.5, 0.6) is 0 Å². The highest BCUT2D eigenvalue weighted by Gasteiger charge is 2.38. The van der Waals surface area contributed by atoms with Crippen LogP contribution in [-0.4, -0.2) is 66.1 Å². The van der Waals surface area contributed by atoms with Crippen LogP contribution in [-0.2, 0) is 11.3 Å². The largest absolute Gasteiger partial charge is 0.478 e. The summed E-state index contributed by atoms with van der Waals surface area (Å²) in [5.41, 5.74) is 1.47. The van der Waals surface area contributed by atoms with Crippen molar-refractivity contribution in [3.05, 3.63) is 35.4 Å². The second-order valence-electron chi connectivity index (χ2n) is 7.08. The zero-order chi connectivity index (χ0) is 17.8. The van der Waals surface area contributed by atoms with Gasteiger partial charge in [-0.1, -0.05) is 12.1 Å². The topological polar surface area (TPSA) is 72.9 Å². The Morgan fingerprint density at radius 1 is 1.28 bits per heavy atom. The molecule has 2 fully saturated rings. The molecule has 6 heteroatoms. The van der Waals surface area contributed by atoms with Crippen molar-refractivity contribution in [3.8, 4) is 0 Å². The van der Waals surface area contributed by atoms with Crippen LogP contribution >= 0.6 is 0 Å². The number of amides is 1. The zero-order valence-electron chi connectivity index (χ0n) is 14.8. The summed E-state index contributed by atoms with van der Waals surface area (Å²) >= 11 is 0. The van der Waals surface area contributed by atoms with Crippen molar-refractivity contribution >= 4 is 11.9 Å². The molecule has 2 N–H and O–H groups in total. The van der Waals surface area contributed by atoms with Crippen LogP contribution in [0.2, 0.25) is 0 Å². The van der Waals surface area contributed by atoms with Gasteiger partial charge in [-0.15, -0.1) is 0 Å². The first-order valence-electron chi connectivity index (χ1n) is 9.07. The number of aromatic carboxylic acids is 1. The van der Waals surface area contributed by atoms with E-state index in [1.54, 1.807) is 12.1 Å². The average Bonchev–Trinajstić information content (AvgIpc) is 2.61. The van der Waals surface area contributed by atoms with Crippen LogP contribution in [0, 0.1) is 5.92 Å². The molecule has 6 nitrogen and oxygen atoms in total. The van der Waals surface area contributed by atoms with Crippen molar-refractivity contribution in [2.45, 2.75) is 31.8 Å². The molecule has 25 heavy (non-hydrogen) atoms. The summed E-state index contributed by atoms with van der Waals surface area (Å²) in [7, 11) is 1.92. The Balaban J connectivity index is 1.59. The van der Waals surface area contributed by atoms with Gasteiger partial charge in [0.1, 0.15) is 0 Å². The second kappa shape index (κ2) is 7.97. The average molecular weight is 345 g/mol. The first-order valence-corrected chi connectivity index (χ1v) is 9.07. The van der Waals surface area contributed by atoms with Gasteiger partial charge < -0.3 is 15.3 Å². The van der Waals surface area contributed by atoms with Crippen molar-refractivity contribution in [1.29, 1.82) is 0 Å². The maximum Gasteiger partial charge on any atom is 0.335 e. The number of carboxylic acids is 1. The minimum Gasteiger partial charge on any atom is -0.478 e. The third-order valence-electron chi connectivity index (χ3n) is 5.44. The molecule has 2 saturated heterocycles. The molecule has 0 aliphatic carbocycles. The fraction of sp³-hybridized carbons (Fsp3) is 0.579. The maximum absolute atomic E-state index is 12.3. The number of rotatable bonds is 6. The molecule has 2 aliphatic heterocycles. The van der Waals surface area contributed by atoms with E-state index < -0.39 is 5.97 Å². The fourth-order valence-electron chi connectivity index (χ4n) is 4.10. The summed E-state index contributed by atoms with van der Waals surface area (Å²) in [6, 6.07) is 7.52. The lowest BCUT2D eigenvalue weighted by Crippen LogP contribution is -2.56. The van der Waals surface area contributed by atoms with Crippen LogP contribution in [0.4, 0.5) is 0 Å². The Morgan fingerprint density at radius 3 is 2.72 bits per heavy atom. The third-order valence-corrected chi connectivity index (χ3v) is 5.44. The molecular formula is C19H27N3O3. The number of piperidine rings is 2. The van der Waals surface area contributed by atoms with Gasteiger partial charge in [-0.3, -0.25) is 9.69 Å². The first-order chi connectivity index (χ1) is 12.1. The number of likely N-dealkylation sites (N-methyl/N-ethyl adjacent to an activating group) is 1. The van der Waals surface area contributed by atoms with Gasteiger partial charge >= 0.3 is 5.97 Å². The molecule has 2 aliphatic rings. The van der Waals surface area contributed by atoms with Crippen molar-refractivity contribution in [3.63, 3.8) is 0 Å². The lowest BCUT2D eigenvalue weighted by Gasteiger charge is -2.47. The Hall–Kier alpha value is -1.92. The highest BCUT2D eigenvalue weighted by Crippen LogP contribution is 2.31. The number of likely N-dealkylation sites (tertiary alicyclic amines) is 2. The molecule has 2 heterocycles. The van der Waals surface area contributed by atoms with Gasteiger partial charge in [-0.25, -0.2) is 4.79 Å². The molecule has 2 atom stereocenters. The zero-order valence-corrected chi connectivity index (χ0v) is 14.8. The Labute approximate surface area is 148 Å². The highest BCUT2D eigenvalue weighted by molar-refractivity contribution is 5.87. The number of carboxylic acid groups (broad SMARTS) is 1. The Morgan fingerprint density at radius 2 is 2.04 bits per heavy atom. The van der Waals surface area contributed by atoms with Crippen LogP contribution in [0.3, 0.4) is 0 Å². The van der Waals surface area contributed by atoms with E-state index in [2.05, 4.69) is 15.1 Å². The van der Waals surface area contributed by atoms with Gasteiger partial charge in [-0.2, -0.15) is 0 Å². The van der Waals surface area contributed by atoms with E-state index in [9.17, 15) is 9.59 Å². The van der Waals surface area contributed by atoms with Gasteiger partial charge in [0.2, 0.25) is 5.91 Å². The van der Waals surface area contributed by atoms with E-state index in [-0.39, 0.29) is 0 Å². The van der Waals surface area contributed by atoms with Crippen molar-refractivity contribution in [1.82, 2.24) is 15.1 Å². The Kier molecular flexibility index (Phi) is 5.71. The normalized spacial score (nSPS) is 24.2. The standard InChI is InChI=1S/C19H27N3O3/c1-20-9-11-22-17-8-10-21(13-16(17)6-7-18(22)23)12-14-2-4-15(5-3-14)19(24)25/h2-5,16-17,20H,6-13H2,1H3,(H,24,25)/t16-,17+/m0/s1. The summed E-state index contributed by atoms with van der Waals surface area (Å²) in [4.78, 5) is 27.7. The van der Waals surface area contributed by atoms with E-state index in [4.69, 9.17) is 5.11 Å². The lowest BCUT2D eigenvalue weighted by atomic mass is 9.83. The third kappa shape index (κ3) is 4.19. The molecule has 0 unspecified atom stereocenters. The molecule has 0 spiro atoms. The summed E-state index contributed by atoms with van der Waals surface area (Å²) in [6.45, 7) is 4.47. The van der Waals surface area contributed by atoms with Crippen LogP contribution in [0.25, 0.3) is 0 Å². The van der Waals surface area contributed by atoms with Gasteiger partial charge in [0.15, 0.2) is 0 Å². The van der Waals surface area contributed by atoms with E-state index in [1.807, 2.05) is 19.2 Å². The second-order valence-corrected chi connectivity index (χ2v) is 7.08. The van der Waals surface area contributed by atoms with Crippen LogP contribution in [0.1, 0.15) is 35.2 Å². The number of hydrogen-bond donors (Lipinski definition) is 2. The fourth-order valence-corrected chi connectivity index (χ4v) is 4.10. The predicted octanol–water partition coefficient (Wildman–Crippen LogP) is 1.42. The molecule has 1 aromatic rings. The van der Waals surface area contributed by atoms with Crippen LogP contribution in [0.15, 0.2) is 24.3 Å². The molecule has 0 aromatic heterocycles.